The van der Waals surface area contributed by atoms with Crippen molar-refractivity contribution in [3.05, 3.63) is 47.6 Å². The Labute approximate surface area is 109 Å². The van der Waals surface area contributed by atoms with E-state index in [1.54, 1.807) is 13.1 Å². The Morgan fingerprint density at radius 2 is 2.06 bits per heavy atom. The summed E-state index contributed by atoms with van der Waals surface area (Å²) in [7, 11) is 0. The van der Waals surface area contributed by atoms with Crippen LogP contribution in [0.15, 0.2) is 41.9 Å². The number of thiazole rings is 1. The number of pyridine rings is 1. The minimum absolute atomic E-state index is 0.537. The van der Waals surface area contributed by atoms with E-state index < -0.39 is 6.10 Å². The van der Waals surface area contributed by atoms with Crippen molar-refractivity contribution in [3.8, 4) is 10.7 Å². The molecule has 0 aliphatic rings. The third-order valence-corrected chi connectivity index (χ3v) is 3.69. The standard InChI is InChI=1S/C14H12N2OS/c1-9(17)12-8-18-14(16-12)13-11-5-3-2-4-10(11)6-7-15-13/h2-9,17H,1H3. The second-order valence-electron chi connectivity index (χ2n) is 4.13. The zero-order valence-electron chi connectivity index (χ0n) is 9.87. The van der Waals surface area contributed by atoms with Crippen LogP contribution in [0.2, 0.25) is 0 Å². The second-order valence-corrected chi connectivity index (χ2v) is 4.99. The molecule has 0 saturated carbocycles. The van der Waals surface area contributed by atoms with E-state index in [1.165, 1.54) is 11.3 Å². The molecule has 3 rings (SSSR count). The highest BCUT2D eigenvalue weighted by Gasteiger charge is 2.11. The van der Waals surface area contributed by atoms with Gasteiger partial charge >= 0.3 is 0 Å². The fourth-order valence-electron chi connectivity index (χ4n) is 1.88. The molecule has 1 unspecified atom stereocenters. The summed E-state index contributed by atoms with van der Waals surface area (Å²) in [5.74, 6) is 0. The van der Waals surface area contributed by atoms with Crippen LogP contribution in [0.1, 0.15) is 18.7 Å². The van der Waals surface area contributed by atoms with Gasteiger partial charge in [-0.1, -0.05) is 24.3 Å². The highest BCUT2D eigenvalue weighted by atomic mass is 32.1. The van der Waals surface area contributed by atoms with Crippen molar-refractivity contribution >= 4 is 22.1 Å². The first kappa shape index (κ1) is 11.3. The quantitative estimate of drug-likeness (QED) is 0.764. The zero-order chi connectivity index (χ0) is 12.5. The van der Waals surface area contributed by atoms with Crippen LogP contribution in [-0.4, -0.2) is 15.1 Å². The molecule has 18 heavy (non-hydrogen) atoms. The molecule has 0 saturated heterocycles. The van der Waals surface area contributed by atoms with Gasteiger partial charge < -0.3 is 5.11 Å². The third-order valence-electron chi connectivity index (χ3n) is 2.83. The van der Waals surface area contributed by atoms with E-state index in [0.29, 0.717) is 5.69 Å². The van der Waals surface area contributed by atoms with E-state index in [1.807, 2.05) is 29.6 Å². The largest absolute Gasteiger partial charge is 0.387 e. The molecular formula is C14H12N2OS. The number of fused-ring (bicyclic) bond motifs is 1. The molecule has 4 heteroatoms. The van der Waals surface area contributed by atoms with Gasteiger partial charge in [-0.15, -0.1) is 11.3 Å². The van der Waals surface area contributed by atoms with Crippen molar-refractivity contribution in [1.29, 1.82) is 0 Å². The van der Waals surface area contributed by atoms with Crippen molar-refractivity contribution in [2.75, 3.05) is 0 Å². The summed E-state index contributed by atoms with van der Waals surface area (Å²) < 4.78 is 0. The molecule has 0 radical (unpaired) electrons. The van der Waals surface area contributed by atoms with E-state index in [2.05, 4.69) is 16.0 Å². The number of hydrogen-bond acceptors (Lipinski definition) is 4. The monoisotopic (exact) mass is 256 g/mol. The third kappa shape index (κ3) is 1.89. The van der Waals surface area contributed by atoms with Gasteiger partial charge in [0.1, 0.15) is 10.7 Å². The lowest BCUT2D eigenvalue weighted by Crippen LogP contribution is -1.91. The Morgan fingerprint density at radius 1 is 1.22 bits per heavy atom. The van der Waals surface area contributed by atoms with Crippen LogP contribution >= 0.6 is 11.3 Å². The number of hydrogen-bond donors (Lipinski definition) is 1. The van der Waals surface area contributed by atoms with Crippen LogP contribution < -0.4 is 0 Å². The Bertz CT molecular complexity index is 686. The molecule has 0 aliphatic heterocycles. The van der Waals surface area contributed by atoms with Crippen LogP contribution in [0.25, 0.3) is 21.5 Å². The number of rotatable bonds is 2. The predicted molar refractivity (Wildman–Crippen MR) is 73.5 cm³/mol. The second kappa shape index (κ2) is 4.48. The first-order valence-corrected chi connectivity index (χ1v) is 6.61. The minimum atomic E-state index is -0.537. The van der Waals surface area contributed by atoms with Gasteiger partial charge in [0.05, 0.1) is 11.8 Å². The average Bonchev–Trinajstić information content (AvgIpc) is 2.87. The molecule has 2 heterocycles. The van der Waals surface area contributed by atoms with Crippen molar-refractivity contribution in [3.63, 3.8) is 0 Å². The molecular weight excluding hydrogens is 244 g/mol. The van der Waals surface area contributed by atoms with Crippen LogP contribution in [-0.2, 0) is 0 Å². The first-order chi connectivity index (χ1) is 8.75. The Hall–Kier alpha value is -1.78. The van der Waals surface area contributed by atoms with Gasteiger partial charge in [-0.3, -0.25) is 4.98 Å². The van der Waals surface area contributed by atoms with Gasteiger partial charge in [0.2, 0.25) is 0 Å². The van der Waals surface area contributed by atoms with Gasteiger partial charge in [0.15, 0.2) is 0 Å². The summed E-state index contributed by atoms with van der Waals surface area (Å²) in [4.78, 5) is 8.85. The maximum Gasteiger partial charge on any atom is 0.142 e. The number of aliphatic hydroxyl groups excluding tert-OH is 1. The van der Waals surface area contributed by atoms with Crippen LogP contribution in [0.5, 0.6) is 0 Å². The molecule has 0 bridgehead atoms. The minimum Gasteiger partial charge on any atom is -0.387 e. The number of aliphatic hydroxyl groups is 1. The molecule has 1 atom stereocenters. The normalized spacial score (nSPS) is 12.8. The molecule has 3 nitrogen and oxygen atoms in total. The van der Waals surface area contributed by atoms with Crippen molar-refractivity contribution in [1.82, 2.24) is 9.97 Å². The molecule has 0 amide bonds. The van der Waals surface area contributed by atoms with Crippen molar-refractivity contribution in [2.24, 2.45) is 0 Å². The maximum atomic E-state index is 9.52. The lowest BCUT2D eigenvalue weighted by atomic mass is 10.1. The topological polar surface area (TPSA) is 46.0 Å². The Kier molecular flexibility index (Phi) is 2.81. The Balaban J connectivity index is 2.18. The fraction of sp³-hybridized carbons (Fsp3) is 0.143. The van der Waals surface area contributed by atoms with E-state index in [9.17, 15) is 5.11 Å². The molecule has 90 valence electrons. The van der Waals surface area contributed by atoms with E-state index in [4.69, 9.17) is 0 Å². The number of aromatic nitrogens is 2. The smallest absolute Gasteiger partial charge is 0.142 e. The van der Waals surface area contributed by atoms with Crippen LogP contribution in [0.4, 0.5) is 0 Å². The van der Waals surface area contributed by atoms with E-state index in [0.717, 1.165) is 21.5 Å². The summed E-state index contributed by atoms with van der Waals surface area (Å²) in [5.41, 5.74) is 1.58. The lowest BCUT2D eigenvalue weighted by molar-refractivity contribution is 0.195. The van der Waals surface area contributed by atoms with Gasteiger partial charge in [-0.25, -0.2) is 4.98 Å². The first-order valence-electron chi connectivity index (χ1n) is 5.73. The SMILES string of the molecule is CC(O)c1csc(-c2nccc3ccccc23)n1. The zero-order valence-corrected chi connectivity index (χ0v) is 10.7. The lowest BCUT2D eigenvalue weighted by Gasteiger charge is -2.02. The van der Waals surface area contributed by atoms with Crippen molar-refractivity contribution in [2.45, 2.75) is 13.0 Å². The van der Waals surface area contributed by atoms with E-state index in [-0.39, 0.29) is 0 Å². The summed E-state index contributed by atoms with van der Waals surface area (Å²) in [6.45, 7) is 1.72. The van der Waals surface area contributed by atoms with Crippen LogP contribution in [0, 0.1) is 0 Å². The molecule has 0 aliphatic carbocycles. The maximum absolute atomic E-state index is 9.52. The fourth-order valence-corrected chi connectivity index (χ4v) is 2.79. The summed E-state index contributed by atoms with van der Waals surface area (Å²) in [5, 5.41) is 14.5. The van der Waals surface area contributed by atoms with Gasteiger partial charge in [0, 0.05) is 17.0 Å². The summed E-state index contributed by atoms with van der Waals surface area (Å²) in [6, 6.07) is 10.1. The van der Waals surface area contributed by atoms with Gasteiger partial charge in [0.25, 0.3) is 0 Å². The van der Waals surface area contributed by atoms with Crippen molar-refractivity contribution < 1.29 is 5.11 Å². The molecule has 0 spiro atoms. The highest BCUT2D eigenvalue weighted by Crippen LogP contribution is 2.30. The molecule has 1 N–H and O–H groups in total. The molecule has 0 fully saturated rings. The summed E-state index contributed by atoms with van der Waals surface area (Å²) >= 11 is 1.51. The molecule has 3 aromatic rings. The van der Waals surface area contributed by atoms with Gasteiger partial charge in [-0.05, 0) is 18.4 Å². The highest BCUT2D eigenvalue weighted by molar-refractivity contribution is 7.13. The van der Waals surface area contributed by atoms with E-state index >= 15 is 0 Å². The predicted octanol–water partition coefficient (Wildman–Crippen LogP) is 3.41. The number of benzene rings is 1. The average molecular weight is 256 g/mol. The van der Waals surface area contributed by atoms with Gasteiger partial charge in [-0.2, -0.15) is 0 Å². The Morgan fingerprint density at radius 3 is 2.83 bits per heavy atom. The van der Waals surface area contributed by atoms with Crippen LogP contribution in [0.3, 0.4) is 0 Å². The summed E-state index contributed by atoms with van der Waals surface area (Å²) in [6.07, 6.45) is 1.26. The number of nitrogens with zero attached hydrogens (tertiary/aromatic N) is 2. The molecule has 2 aromatic heterocycles. The molecule has 1 aromatic carbocycles.